The monoisotopic (exact) mass is 465 g/mol. The van der Waals surface area contributed by atoms with Crippen LogP contribution in [-0.2, 0) is 4.79 Å². The molecule has 1 aliphatic carbocycles. The van der Waals surface area contributed by atoms with Crippen molar-refractivity contribution in [2.45, 2.75) is 38.5 Å². The number of nitrogens with zero attached hydrogens (tertiary/aromatic N) is 1. The summed E-state index contributed by atoms with van der Waals surface area (Å²) in [5.41, 5.74) is 0.347. The molecule has 0 radical (unpaired) electrons. The zero-order chi connectivity index (χ0) is 24.1. The Morgan fingerprint density at radius 2 is 1.76 bits per heavy atom. The first kappa shape index (κ1) is 22.6. The highest BCUT2D eigenvalue weighted by Crippen LogP contribution is 2.45. The van der Waals surface area contributed by atoms with Crippen molar-refractivity contribution in [2.75, 3.05) is 0 Å². The second kappa shape index (κ2) is 8.09. The van der Waals surface area contributed by atoms with E-state index in [1.165, 1.54) is 13.0 Å². The lowest BCUT2D eigenvalue weighted by molar-refractivity contribution is -0.274. The van der Waals surface area contributed by atoms with E-state index in [0.717, 1.165) is 41.3 Å². The van der Waals surface area contributed by atoms with Crippen LogP contribution in [0.1, 0.15) is 46.8 Å². The number of aliphatic carboxylic acids is 1. The summed E-state index contributed by atoms with van der Waals surface area (Å²) in [7, 11) is 0. The normalized spacial score (nSPS) is 15.3. The molecule has 4 rings (SSSR count). The van der Waals surface area contributed by atoms with Crippen molar-refractivity contribution in [1.82, 2.24) is 4.57 Å². The first-order chi connectivity index (χ1) is 15.5. The minimum atomic E-state index is -4.89. The number of hydrogen-bond acceptors (Lipinski definition) is 4. The molecule has 0 aliphatic heterocycles. The van der Waals surface area contributed by atoms with E-state index in [-0.39, 0.29) is 33.6 Å². The molecule has 174 valence electrons. The van der Waals surface area contributed by atoms with E-state index >= 15 is 4.39 Å². The predicted molar refractivity (Wildman–Crippen MR) is 109 cm³/mol. The molecule has 0 spiro atoms. The maximum absolute atomic E-state index is 15.0. The van der Waals surface area contributed by atoms with Gasteiger partial charge in [0.1, 0.15) is 5.75 Å². The van der Waals surface area contributed by atoms with Crippen LogP contribution in [0, 0.1) is 18.7 Å². The number of carbonyl (C=O) groups excluding carboxylic acids is 1. The number of aromatic hydroxyl groups is 1. The third-order valence-electron chi connectivity index (χ3n) is 6.07. The maximum atomic E-state index is 15.0. The molecule has 0 saturated heterocycles. The molecule has 3 aromatic rings. The number of phenols is 1. The summed E-state index contributed by atoms with van der Waals surface area (Å²) in [5, 5.41) is 19.7. The molecule has 1 saturated carbocycles. The number of carboxylic acid groups (broad SMARTS) is 1. The molecule has 0 amide bonds. The van der Waals surface area contributed by atoms with Gasteiger partial charge in [0.2, 0.25) is 0 Å². The Hall–Kier alpha value is -3.56. The molecule has 2 N–H and O–H groups in total. The van der Waals surface area contributed by atoms with Crippen molar-refractivity contribution in [3.63, 3.8) is 0 Å². The smallest absolute Gasteiger partial charge is 0.505 e. The fraction of sp³-hybridized carbons (Fsp3) is 0.304. The Balaban J connectivity index is 1.86. The number of ether oxygens (including phenoxy) is 1. The summed E-state index contributed by atoms with van der Waals surface area (Å²) < 4.78 is 57.2. The number of benzene rings is 2. The molecule has 1 heterocycles. The minimum Gasteiger partial charge on any atom is -0.505 e. The molecule has 0 bridgehead atoms. The van der Waals surface area contributed by atoms with Crippen molar-refractivity contribution in [1.29, 1.82) is 0 Å². The van der Waals surface area contributed by atoms with Crippen LogP contribution >= 0.6 is 0 Å². The van der Waals surface area contributed by atoms with Gasteiger partial charge in [-0.1, -0.05) is 6.42 Å². The van der Waals surface area contributed by atoms with Gasteiger partial charge in [0, 0.05) is 16.6 Å². The van der Waals surface area contributed by atoms with Gasteiger partial charge in [0.15, 0.2) is 11.6 Å². The molecule has 1 fully saturated rings. The first-order valence-electron chi connectivity index (χ1n) is 10.1. The largest absolute Gasteiger partial charge is 0.573 e. The predicted octanol–water partition coefficient (Wildman–Crippen LogP) is 5.35. The number of aromatic nitrogens is 1. The summed E-state index contributed by atoms with van der Waals surface area (Å²) in [6, 6.07) is 6.58. The lowest BCUT2D eigenvalue weighted by Gasteiger charge is -2.31. The number of fused-ring (bicyclic) bond motifs is 1. The van der Waals surface area contributed by atoms with Gasteiger partial charge >= 0.3 is 12.3 Å². The molecule has 33 heavy (non-hydrogen) atoms. The van der Waals surface area contributed by atoms with E-state index in [1.807, 2.05) is 0 Å². The highest BCUT2D eigenvalue weighted by Gasteiger charge is 2.39. The number of halogens is 4. The Morgan fingerprint density at radius 1 is 1.12 bits per heavy atom. The standard InChI is InChI=1S/C23H19F4NO5/c1-11-17(18(22(31)32)12-3-2-4-12)19-15(9-10-16(29)20(19)24)28(11)21(30)13-5-7-14(8-6-13)33-23(25,26)27/h5-10,12,18,29H,2-4H2,1H3,(H,31,32). The SMILES string of the molecule is Cc1c(C(C(=O)O)C2CCC2)c2c(F)c(O)ccc2n1C(=O)c1ccc(OC(F)(F)F)cc1. The Morgan fingerprint density at radius 3 is 2.27 bits per heavy atom. The van der Waals surface area contributed by atoms with Gasteiger partial charge in [0.25, 0.3) is 5.91 Å². The van der Waals surface area contributed by atoms with Crippen molar-refractivity contribution in [3.8, 4) is 11.5 Å². The molecular formula is C23H19F4NO5. The van der Waals surface area contributed by atoms with Gasteiger partial charge in [-0.2, -0.15) is 0 Å². The summed E-state index contributed by atoms with van der Waals surface area (Å²) in [5.74, 6) is -5.39. The van der Waals surface area contributed by atoms with Crippen molar-refractivity contribution in [3.05, 3.63) is 59.0 Å². The molecule has 10 heteroatoms. The summed E-state index contributed by atoms with van der Waals surface area (Å²) in [6.07, 6.45) is -2.78. The van der Waals surface area contributed by atoms with Crippen LogP contribution in [0.15, 0.2) is 36.4 Å². The quantitative estimate of drug-likeness (QED) is 0.496. The average Bonchev–Trinajstić information content (AvgIpc) is 2.98. The van der Waals surface area contributed by atoms with E-state index in [4.69, 9.17) is 0 Å². The molecule has 6 nitrogen and oxygen atoms in total. The second-order valence-electron chi connectivity index (χ2n) is 8.01. The number of alkyl halides is 3. The van der Waals surface area contributed by atoms with Gasteiger partial charge in [0.05, 0.1) is 11.4 Å². The van der Waals surface area contributed by atoms with Crippen LogP contribution in [-0.4, -0.2) is 33.0 Å². The highest BCUT2D eigenvalue weighted by molar-refractivity contribution is 6.05. The van der Waals surface area contributed by atoms with Crippen LogP contribution in [0.3, 0.4) is 0 Å². The van der Waals surface area contributed by atoms with Crippen LogP contribution in [0.25, 0.3) is 10.9 Å². The lowest BCUT2D eigenvalue weighted by Crippen LogP contribution is -2.27. The van der Waals surface area contributed by atoms with Crippen LogP contribution in [0.5, 0.6) is 11.5 Å². The third kappa shape index (κ3) is 4.01. The average molecular weight is 465 g/mol. The van der Waals surface area contributed by atoms with Crippen molar-refractivity contribution in [2.24, 2.45) is 5.92 Å². The molecule has 1 unspecified atom stereocenters. The highest BCUT2D eigenvalue weighted by atomic mass is 19.4. The second-order valence-corrected chi connectivity index (χ2v) is 8.01. The summed E-state index contributed by atoms with van der Waals surface area (Å²) in [4.78, 5) is 25.4. The van der Waals surface area contributed by atoms with E-state index in [1.54, 1.807) is 0 Å². The van der Waals surface area contributed by atoms with Crippen LogP contribution < -0.4 is 4.74 Å². The Kier molecular flexibility index (Phi) is 5.55. The van der Waals surface area contributed by atoms with Gasteiger partial charge in [-0.15, -0.1) is 13.2 Å². The zero-order valence-electron chi connectivity index (χ0n) is 17.3. The number of rotatable bonds is 5. The van der Waals surface area contributed by atoms with Gasteiger partial charge in [-0.25, -0.2) is 4.39 Å². The molecule has 1 aliphatic rings. The van der Waals surface area contributed by atoms with E-state index in [9.17, 15) is 33.0 Å². The number of carbonyl (C=O) groups is 2. The Bertz CT molecular complexity index is 1240. The minimum absolute atomic E-state index is 0.0138. The number of phenolic OH excluding ortho intramolecular Hbond substituents is 1. The van der Waals surface area contributed by atoms with Gasteiger partial charge in [-0.05, 0) is 67.6 Å². The van der Waals surface area contributed by atoms with Crippen LogP contribution in [0.2, 0.25) is 0 Å². The van der Waals surface area contributed by atoms with E-state index in [0.29, 0.717) is 12.8 Å². The lowest BCUT2D eigenvalue weighted by atomic mass is 9.72. The number of hydrogen-bond donors (Lipinski definition) is 2. The molecule has 1 aromatic heterocycles. The Labute approximate surface area is 185 Å². The third-order valence-corrected chi connectivity index (χ3v) is 6.07. The summed E-state index contributed by atoms with van der Waals surface area (Å²) in [6.45, 7) is 1.49. The topological polar surface area (TPSA) is 88.8 Å². The molecular weight excluding hydrogens is 446 g/mol. The zero-order valence-corrected chi connectivity index (χ0v) is 17.3. The van der Waals surface area contributed by atoms with Gasteiger partial charge < -0.3 is 14.9 Å². The van der Waals surface area contributed by atoms with Gasteiger partial charge in [-0.3, -0.25) is 14.2 Å². The van der Waals surface area contributed by atoms with E-state index < -0.39 is 41.5 Å². The fourth-order valence-corrected chi connectivity index (χ4v) is 4.38. The molecule has 2 aromatic carbocycles. The summed E-state index contributed by atoms with van der Waals surface area (Å²) >= 11 is 0. The van der Waals surface area contributed by atoms with Crippen LogP contribution in [0.4, 0.5) is 17.6 Å². The van der Waals surface area contributed by atoms with Crippen molar-refractivity contribution < 1.29 is 42.1 Å². The molecule has 1 atom stereocenters. The maximum Gasteiger partial charge on any atom is 0.573 e. The first-order valence-corrected chi connectivity index (χ1v) is 10.1. The van der Waals surface area contributed by atoms with E-state index in [2.05, 4.69) is 4.74 Å². The number of carboxylic acids is 1. The fourth-order valence-electron chi connectivity index (χ4n) is 4.38. The van der Waals surface area contributed by atoms with Crippen molar-refractivity contribution >= 4 is 22.8 Å².